The summed E-state index contributed by atoms with van der Waals surface area (Å²) in [5.74, 6) is 0.907. The van der Waals surface area contributed by atoms with Crippen molar-refractivity contribution in [2.24, 2.45) is 0 Å². The SMILES string of the molecule is [CH2-]c1ccc(C)c(C)c1OC.[Y]. The summed E-state index contributed by atoms with van der Waals surface area (Å²) in [6.45, 7) is 7.98. The Morgan fingerprint density at radius 2 is 1.83 bits per heavy atom. The van der Waals surface area contributed by atoms with Gasteiger partial charge in [0, 0.05) is 38.5 Å². The molecule has 0 unspecified atom stereocenters. The molecule has 1 aromatic rings. The largest absolute Gasteiger partial charge is 0.553 e. The zero-order valence-corrected chi connectivity index (χ0v) is 10.7. The Balaban J connectivity index is 0.00000121. The second kappa shape index (κ2) is 4.88. The van der Waals surface area contributed by atoms with Gasteiger partial charge < -0.3 is 4.74 Å². The van der Waals surface area contributed by atoms with E-state index in [2.05, 4.69) is 19.9 Å². The van der Waals surface area contributed by atoms with E-state index in [-0.39, 0.29) is 32.7 Å². The van der Waals surface area contributed by atoms with Crippen molar-refractivity contribution >= 4 is 0 Å². The minimum Gasteiger partial charge on any atom is -0.553 e. The zero-order valence-electron chi connectivity index (χ0n) is 7.85. The number of benzene rings is 1. The molecule has 0 saturated heterocycles. The van der Waals surface area contributed by atoms with Gasteiger partial charge in [-0.25, -0.2) is 0 Å². The smallest absolute Gasteiger partial charge is 0.0607 e. The van der Waals surface area contributed by atoms with Crippen LogP contribution in [0.3, 0.4) is 0 Å². The average Bonchev–Trinajstić information content (AvgIpc) is 1.99. The third-order valence-corrected chi connectivity index (χ3v) is 1.96. The van der Waals surface area contributed by atoms with Crippen LogP contribution in [-0.2, 0) is 32.7 Å². The molecule has 0 heterocycles. The molecule has 1 aromatic carbocycles. The maximum atomic E-state index is 5.19. The summed E-state index contributed by atoms with van der Waals surface area (Å²) in [6, 6.07) is 4.03. The van der Waals surface area contributed by atoms with E-state index in [1.165, 1.54) is 11.1 Å². The molecule has 1 rings (SSSR count). The van der Waals surface area contributed by atoms with Crippen molar-refractivity contribution < 1.29 is 37.4 Å². The standard InChI is InChI=1S/C10H13O.Y/c1-7-5-6-8(2)10(11-4)9(7)3;/h5-6H,2H2,1,3-4H3;/q-1;. The first-order chi connectivity index (χ1) is 5.16. The maximum Gasteiger partial charge on any atom is 0.0607 e. The molecule has 0 amide bonds. The fourth-order valence-corrected chi connectivity index (χ4v) is 1.13. The molecule has 0 aliphatic rings. The molecule has 1 radical (unpaired) electrons. The molecule has 0 atom stereocenters. The van der Waals surface area contributed by atoms with Crippen LogP contribution in [0.2, 0.25) is 0 Å². The Labute approximate surface area is 99.4 Å². The Morgan fingerprint density at radius 1 is 1.25 bits per heavy atom. The molecule has 0 aliphatic heterocycles. The molecular weight excluding hydrogens is 225 g/mol. The molecule has 0 spiro atoms. The predicted octanol–water partition coefficient (Wildman–Crippen LogP) is 2.49. The van der Waals surface area contributed by atoms with Crippen LogP contribution in [0.4, 0.5) is 0 Å². The number of aryl methyl sites for hydroxylation is 1. The first kappa shape index (κ1) is 12.0. The summed E-state index contributed by atoms with van der Waals surface area (Å²) >= 11 is 0. The van der Waals surface area contributed by atoms with Gasteiger partial charge in [0.2, 0.25) is 0 Å². The van der Waals surface area contributed by atoms with Gasteiger partial charge in [-0.1, -0.05) is 11.1 Å². The quantitative estimate of drug-likeness (QED) is 0.683. The van der Waals surface area contributed by atoms with Crippen LogP contribution in [-0.4, -0.2) is 7.11 Å². The number of hydrogen-bond donors (Lipinski definition) is 0. The van der Waals surface area contributed by atoms with Crippen molar-refractivity contribution in [1.29, 1.82) is 0 Å². The summed E-state index contributed by atoms with van der Waals surface area (Å²) in [7, 11) is 1.68. The molecule has 1 nitrogen and oxygen atoms in total. The van der Waals surface area contributed by atoms with Crippen LogP contribution in [0, 0.1) is 20.8 Å². The predicted molar refractivity (Wildman–Crippen MR) is 46.9 cm³/mol. The topological polar surface area (TPSA) is 9.23 Å². The van der Waals surface area contributed by atoms with Crippen molar-refractivity contribution in [3.8, 4) is 5.75 Å². The summed E-state index contributed by atoms with van der Waals surface area (Å²) < 4.78 is 5.19. The van der Waals surface area contributed by atoms with Gasteiger partial charge in [0.15, 0.2) is 0 Å². The van der Waals surface area contributed by atoms with E-state index >= 15 is 0 Å². The Kier molecular flexibility index (Phi) is 4.88. The maximum absolute atomic E-state index is 5.19. The van der Waals surface area contributed by atoms with Crippen molar-refractivity contribution in [2.75, 3.05) is 7.11 Å². The van der Waals surface area contributed by atoms with Crippen molar-refractivity contribution in [3.05, 3.63) is 35.7 Å². The third kappa shape index (κ3) is 2.24. The molecule has 0 saturated carbocycles. The average molecular weight is 238 g/mol. The summed E-state index contributed by atoms with van der Waals surface area (Å²) in [5.41, 5.74) is 3.38. The number of methoxy groups -OCH3 is 1. The van der Waals surface area contributed by atoms with Gasteiger partial charge in [-0.2, -0.15) is 18.6 Å². The van der Waals surface area contributed by atoms with Crippen LogP contribution >= 0.6 is 0 Å². The van der Waals surface area contributed by atoms with E-state index in [1.807, 2.05) is 13.0 Å². The van der Waals surface area contributed by atoms with Gasteiger partial charge in [0.05, 0.1) is 7.11 Å². The normalized spacial score (nSPS) is 8.92. The Hall–Kier alpha value is -0.00610. The summed E-state index contributed by atoms with van der Waals surface area (Å²) in [6.07, 6.45) is 0. The van der Waals surface area contributed by atoms with Crippen molar-refractivity contribution in [2.45, 2.75) is 13.8 Å². The number of rotatable bonds is 1. The molecule has 63 valence electrons. The van der Waals surface area contributed by atoms with Crippen LogP contribution < -0.4 is 4.74 Å². The summed E-state index contributed by atoms with van der Waals surface area (Å²) in [5, 5.41) is 0. The Bertz CT molecular complexity index is 269. The minimum absolute atomic E-state index is 0. The second-order valence-electron chi connectivity index (χ2n) is 2.70. The first-order valence-electron chi connectivity index (χ1n) is 3.63. The van der Waals surface area contributed by atoms with E-state index in [0.717, 1.165) is 11.3 Å². The van der Waals surface area contributed by atoms with Gasteiger partial charge in [0.1, 0.15) is 0 Å². The Morgan fingerprint density at radius 3 is 2.25 bits per heavy atom. The molecule has 0 N–H and O–H groups in total. The van der Waals surface area contributed by atoms with E-state index < -0.39 is 0 Å². The van der Waals surface area contributed by atoms with Gasteiger partial charge in [-0.3, -0.25) is 0 Å². The van der Waals surface area contributed by atoms with Gasteiger partial charge in [-0.15, -0.1) is 6.07 Å². The molecule has 12 heavy (non-hydrogen) atoms. The third-order valence-electron chi connectivity index (χ3n) is 1.96. The fraction of sp³-hybridized carbons (Fsp3) is 0.300. The van der Waals surface area contributed by atoms with Crippen LogP contribution in [0.15, 0.2) is 12.1 Å². The van der Waals surface area contributed by atoms with Crippen LogP contribution in [0.1, 0.15) is 16.7 Å². The van der Waals surface area contributed by atoms with E-state index in [9.17, 15) is 0 Å². The van der Waals surface area contributed by atoms with Crippen molar-refractivity contribution in [1.82, 2.24) is 0 Å². The molecule has 2 heteroatoms. The number of hydrogen-bond acceptors (Lipinski definition) is 1. The van der Waals surface area contributed by atoms with Crippen LogP contribution in [0.25, 0.3) is 0 Å². The van der Waals surface area contributed by atoms with E-state index in [1.54, 1.807) is 7.11 Å². The molecule has 0 fully saturated rings. The van der Waals surface area contributed by atoms with Crippen molar-refractivity contribution in [3.63, 3.8) is 0 Å². The van der Waals surface area contributed by atoms with E-state index in [0.29, 0.717) is 0 Å². The molecular formula is C10H13OY-. The van der Waals surface area contributed by atoms with Gasteiger partial charge in [0.25, 0.3) is 0 Å². The number of ether oxygens (including phenoxy) is 1. The minimum atomic E-state index is 0. The zero-order chi connectivity index (χ0) is 8.43. The van der Waals surface area contributed by atoms with Crippen LogP contribution in [0.5, 0.6) is 5.75 Å². The molecule has 0 aliphatic carbocycles. The molecule has 0 bridgehead atoms. The molecule has 0 aromatic heterocycles. The fourth-order valence-electron chi connectivity index (χ4n) is 1.13. The van der Waals surface area contributed by atoms with E-state index in [4.69, 9.17) is 4.74 Å². The van der Waals surface area contributed by atoms with Gasteiger partial charge >= 0.3 is 0 Å². The summed E-state index contributed by atoms with van der Waals surface area (Å²) in [4.78, 5) is 0. The first-order valence-corrected chi connectivity index (χ1v) is 3.63. The second-order valence-corrected chi connectivity index (χ2v) is 2.70. The van der Waals surface area contributed by atoms with Gasteiger partial charge in [-0.05, 0) is 13.8 Å². The monoisotopic (exact) mass is 238 g/mol.